The first kappa shape index (κ1) is 12.0. The first-order valence-electron chi connectivity index (χ1n) is 5.48. The number of hydrogen-bond donors (Lipinski definition) is 1. The molecule has 0 saturated heterocycles. The third-order valence-electron chi connectivity index (χ3n) is 2.38. The van der Waals surface area contributed by atoms with Crippen LogP contribution in [0.5, 0.6) is 0 Å². The predicted molar refractivity (Wildman–Crippen MR) is 67.6 cm³/mol. The lowest BCUT2D eigenvalue weighted by Gasteiger charge is -2.18. The van der Waals surface area contributed by atoms with Gasteiger partial charge in [0.05, 0.1) is 0 Å². The summed E-state index contributed by atoms with van der Waals surface area (Å²) in [4.78, 5) is 0. The Labute approximate surface area is 93.0 Å². The van der Waals surface area contributed by atoms with Crippen LogP contribution in [-0.2, 0) is 0 Å². The van der Waals surface area contributed by atoms with Crippen LogP contribution < -0.4 is 5.73 Å². The maximum absolute atomic E-state index is 5.95. The molecule has 1 aromatic rings. The van der Waals surface area contributed by atoms with E-state index in [0.29, 0.717) is 0 Å². The van der Waals surface area contributed by atoms with Crippen molar-refractivity contribution in [2.24, 2.45) is 5.73 Å². The van der Waals surface area contributed by atoms with Crippen LogP contribution in [0.15, 0.2) is 35.9 Å². The van der Waals surface area contributed by atoms with E-state index in [-0.39, 0.29) is 5.54 Å². The Kier molecular flexibility index (Phi) is 4.10. The Morgan fingerprint density at radius 1 is 1.27 bits per heavy atom. The first-order valence-corrected chi connectivity index (χ1v) is 5.48. The van der Waals surface area contributed by atoms with Crippen LogP contribution in [0.4, 0.5) is 0 Å². The fourth-order valence-corrected chi connectivity index (χ4v) is 1.43. The van der Waals surface area contributed by atoms with Crippen LogP contribution in [-0.4, -0.2) is 5.54 Å². The van der Waals surface area contributed by atoms with E-state index in [1.807, 2.05) is 6.07 Å². The van der Waals surface area contributed by atoms with Gasteiger partial charge in [-0.05, 0) is 39.2 Å². The molecule has 0 bridgehead atoms. The van der Waals surface area contributed by atoms with Crippen LogP contribution in [0.25, 0.3) is 6.08 Å². The molecule has 0 saturated carbocycles. The number of nitrogens with two attached hydrogens (primary N) is 1. The smallest absolute Gasteiger partial charge is 0.0100 e. The monoisotopic (exact) mass is 203 g/mol. The molecular weight excluding hydrogens is 182 g/mol. The molecule has 0 aliphatic rings. The predicted octanol–water partition coefficient (Wildman–Crippen LogP) is 3.61. The lowest BCUT2D eigenvalue weighted by molar-refractivity contribution is 0.476. The normalized spacial score (nSPS) is 12.9. The minimum Gasteiger partial charge on any atom is -0.326 e. The van der Waals surface area contributed by atoms with Gasteiger partial charge in [0.2, 0.25) is 0 Å². The largest absolute Gasteiger partial charge is 0.326 e. The SMILES string of the molecule is C/C(=C\c1ccccc1)CCC(C)(C)N. The average molecular weight is 203 g/mol. The highest BCUT2D eigenvalue weighted by molar-refractivity contribution is 5.51. The van der Waals surface area contributed by atoms with Gasteiger partial charge in [0, 0.05) is 5.54 Å². The van der Waals surface area contributed by atoms with E-state index < -0.39 is 0 Å². The molecule has 1 aromatic carbocycles. The van der Waals surface area contributed by atoms with Gasteiger partial charge < -0.3 is 5.73 Å². The molecule has 2 N–H and O–H groups in total. The van der Waals surface area contributed by atoms with E-state index in [1.165, 1.54) is 11.1 Å². The van der Waals surface area contributed by atoms with Gasteiger partial charge >= 0.3 is 0 Å². The second kappa shape index (κ2) is 5.13. The topological polar surface area (TPSA) is 26.0 Å². The molecule has 0 fully saturated rings. The van der Waals surface area contributed by atoms with Crippen LogP contribution >= 0.6 is 0 Å². The van der Waals surface area contributed by atoms with Crippen molar-refractivity contribution in [2.45, 2.75) is 39.2 Å². The van der Waals surface area contributed by atoms with Crippen molar-refractivity contribution in [1.29, 1.82) is 0 Å². The standard InChI is InChI=1S/C14H21N/c1-12(9-10-14(2,3)15)11-13-7-5-4-6-8-13/h4-8,11H,9-10,15H2,1-3H3/b12-11+. The molecule has 82 valence electrons. The molecule has 0 spiro atoms. The molecular formula is C14H21N. The van der Waals surface area contributed by atoms with Gasteiger partial charge in [-0.25, -0.2) is 0 Å². The number of rotatable bonds is 4. The summed E-state index contributed by atoms with van der Waals surface area (Å²) in [6.45, 7) is 6.31. The fourth-order valence-electron chi connectivity index (χ4n) is 1.43. The minimum atomic E-state index is -0.0637. The van der Waals surface area contributed by atoms with E-state index in [0.717, 1.165) is 12.8 Å². The third kappa shape index (κ3) is 5.38. The second-order valence-corrected chi connectivity index (χ2v) is 4.89. The Hall–Kier alpha value is -1.08. The summed E-state index contributed by atoms with van der Waals surface area (Å²) in [5.74, 6) is 0. The second-order valence-electron chi connectivity index (χ2n) is 4.89. The van der Waals surface area contributed by atoms with Crippen molar-refractivity contribution in [1.82, 2.24) is 0 Å². The maximum Gasteiger partial charge on any atom is 0.0100 e. The molecule has 1 nitrogen and oxygen atoms in total. The van der Waals surface area contributed by atoms with Crippen molar-refractivity contribution < 1.29 is 0 Å². The number of allylic oxidation sites excluding steroid dienone is 1. The van der Waals surface area contributed by atoms with E-state index in [4.69, 9.17) is 5.73 Å². The highest BCUT2D eigenvalue weighted by Gasteiger charge is 2.09. The van der Waals surface area contributed by atoms with Gasteiger partial charge in [-0.1, -0.05) is 42.0 Å². The average Bonchev–Trinajstić information content (AvgIpc) is 2.15. The Morgan fingerprint density at radius 3 is 2.40 bits per heavy atom. The van der Waals surface area contributed by atoms with Gasteiger partial charge in [-0.15, -0.1) is 0 Å². The molecule has 0 amide bonds. The van der Waals surface area contributed by atoms with Crippen LogP contribution in [0, 0.1) is 0 Å². The van der Waals surface area contributed by atoms with Crippen molar-refractivity contribution in [2.75, 3.05) is 0 Å². The number of benzene rings is 1. The van der Waals surface area contributed by atoms with Gasteiger partial charge in [-0.2, -0.15) is 0 Å². The molecule has 1 rings (SSSR count). The first-order chi connectivity index (χ1) is 6.97. The van der Waals surface area contributed by atoms with Crippen LogP contribution in [0.2, 0.25) is 0 Å². The number of hydrogen-bond acceptors (Lipinski definition) is 1. The Bertz CT molecular complexity index is 317. The lowest BCUT2D eigenvalue weighted by Crippen LogP contribution is -2.31. The Morgan fingerprint density at radius 2 is 1.87 bits per heavy atom. The maximum atomic E-state index is 5.95. The highest BCUT2D eigenvalue weighted by atomic mass is 14.7. The van der Waals surface area contributed by atoms with Gasteiger partial charge in [0.25, 0.3) is 0 Å². The summed E-state index contributed by atoms with van der Waals surface area (Å²) in [6, 6.07) is 10.4. The zero-order chi connectivity index (χ0) is 11.3. The quantitative estimate of drug-likeness (QED) is 0.795. The Balaban J connectivity index is 2.54. The van der Waals surface area contributed by atoms with Crippen molar-refractivity contribution in [3.8, 4) is 0 Å². The van der Waals surface area contributed by atoms with Crippen molar-refractivity contribution in [3.63, 3.8) is 0 Å². The summed E-state index contributed by atoms with van der Waals surface area (Å²) < 4.78 is 0. The molecule has 0 atom stereocenters. The summed E-state index contributed by atoms with van der Waals surface area (Å²) in [5.41, 5.74) is 8.54. The molecule has 1 heteroatoms. The van der Waals surface area contributed by atoms with E-state index in [1.54, 1.807) is 0 Å². The molecule has 0 aliphatic heterocycles. The van der Waals surface area contributed by atoms with Gasteiger partial charge in [0.15, 0.2) is 0 Å². The zero-order valence-electron chi connectivity index (χ0n) is 9.96. The highest BCUT2D eigenvalue weighted by Crippen LogP contribution is 2.15. The van der Waals surface area contributed by atoms with E-state index >= 15 is 0 Å². The van der Waals surface area contributed by atoms with Crippen LogP contribution in [0.3, 0.4) is 0 Å². The van der Waals surface area contributed by atoms with Crippen LogP contribution in [0.1, 0.15) is 39.2 Å². The fraction of sp³-hybridized carbons (Fsp3) is 0.429. The van der Waals surface area contributed by atoms with Gasteiger partial charge in [-0.3, -0.25) is 0 Å². The van der Waals surface area contributed by atoms with Crippen molar-refractivity contribution in [3.05, 3.63) is 41.5 Å². The van der Waals surface area contributed by atoms with E-state index in [9.17, 15) is 0 Å². The molecule has 0 radical (unpaired) electrons. The summed E-state index contributed by atoms with van der Waals surface area (Å²) >= 11 is 0. The molecule has 0 heterocycles. The zero-order valence-corrected chi connectivity index (χ0v) is 9.96. The molecule has 0 unspecified atom stereocenters. The molecule has 0 aliphatic carbocycles. The van der Waals surface area contributed by atoms with Crippen molar-refractivity contribution >= 4 is 6.08 Å². The summed E-state index contributed by atoms with van der Waals surface area (Å²) in [5, 5.41) is 0. The summed E-state index contributed by atoms with van der Waals surface area (Å²) in [6.07, 6.45) is 4.33. The summed E-state index contributed by atoms with van der Waals surface area (Å²) in [7, 11) is 0. The van der Waals surface area contributed by atoms with Gasteiger partial charge in [0.1, 0.15) is 0 Å². The molecule has 15 heavy (non-hydrogen) atoms. The third-order valence-corrected chi connectivity index (χ3v) is 2.38. The lowest BCUT2D eigenvalue weighted by atomic mass is 9.96. The van der Waals surface area contributed by atoms with E-state index in [2.05, 4.69) is 51.1 Å². The minimum absolute atomic E-state index is 0.0637. The molecule has 0 aromatic heterocycles.